The zero-order valence-electron chi connectivity index (χ0n) is 18.0. The average molecular weight is 390 g/mol. The van der Waals surface area contributed by atoms with E-state index in [0.29, 0.717) is 26.2 Å². The Hall–Kier alpha value is -2.24. The van der Waals surface area contributed by atoms with E-state index in [4.69, 9.17) is 4.74 Å². The third kappa shape index (κ3) is 6.14. The molecule has 1 saturated heterocycles. The Kier molecular flexibility index (Phi) is 7.72. The molecule has 1 N–H and O–H groups in total. The van der Waals surface area contributed by atoms with Gasteiger partial charge in [-0.15, -0.1) is 0 Å². The fraction of sp³-hybridized carbons (Fsp3) is 0.636. The second-order valence-electron chi connectivity index (χ2n) is 8.21. The van der Waals surface area contributed by atoms with Crippen molar-refractivity contribution in [2.24, 2.45) is 0 Å². The molecule has 0 atom stereocenters. The number of amides is 2. The van der Waals surface area contributed by atoms with E-state index < -0.39 is 5.60 Å². The molecule has 1 heterocycles. The lowest BCUT2D eigenvalue weighted by atomic mass is 10.0. The third-order valence-electron chi connectivity index (χ3n) is 4.92. The monoisotopic (exact) mass is 389 g/mol. The van der Waals surface area contributed by atoms with Gasteiger partial charge in [0.25, 0.3) is 0 Å². The number of ether oxygens (including phenoxy) is 1. The molecule has 0 bridgehead atoms. The van der Waals surface area contributed by atoms with Gasteiger partial charge in [-0.2, -0.15) is 0 Å². The number of rotatable bonds is 5. The summed E-state index contributed by atoms with van der Waals surface area (Å²) in [5, 5.41) is 3.37. The van der Waals surface area contributed by atoms with Gasteiger partial charge in [-0.3, -0.25) is 4.79 Å². The van der Waals surface area contributed by atoms with Gasteiger partial charge in [0.2, 0.25) is 5.91 Å². The average Bonchev–Trinajstić information content (AvgIpc) is 2.90. The van der Waals surface area contributed by atoms with Crippen molar-refractivity contribution in [3.05, 3.63) is 29.3 Å². The summed E-state index contributed by atoms with van der Waals surface area (Å²) < 4.78 is 5.46. The number of carbonyl (C=O) groups is 2. The number of hydrogen-bond donors (Lipinski definition) is 1. The summed E-state index contributed by atoms with van der Waals surface area (Å²) in [7, 11) is 0. The summed E-state index contributed by atoms with van der Waals surface area (Å²) >= 11 is 0. The van der Waals surface area contributed by atoms with Gasteiger partial charge in [-0.05, 0) is 51.2 Å². The smallest absolute Gasteiger partial charge is 0.410 e. The SMILES string of the molecule is CCc1cccc(CC)c1NCC(=O)N1CCCN(C(=O)OC(C)(C)C)CC1. The van der Waals surface area contributed by atoms with Gasteiger partial charge in [-0.1, -0.05) is 32.0 Å². The van der Waals surface area contributed by atoms with Crippen LogP contribution in [0.25, 0.3) is 0 Å². The Bertz CT molecular complexity index is 660. The molecule has 0 aliphatic carbocycles. The molecule has 2 rings (SSSR count). The fourth-order valence-corrected chi connectivity index (χ4v) is 3.42. The molecular weight excluding hydrogens is 354 g/mol. The first kappa shape index (κ1) is 22.1. The quantitative estimate of drug-likeness (QED) is 0.834. The van der Waals surface area contributed by atoms with Crippen LogP contribution in [0.3, 0.4) is 0 Å². The van der Waals surface area contributed by atoms with E-state index in [-0.39, 0.29) is 18.5 Å². The van der Waals surface area contributed by atoms with Crippen LogP contribution < -0.4 is 5.32 Å². The van der Waals surface area contributed by atoms with Crippen molar-refractivity contribution in [2.75, 3.05) is 38.0 Å². The van der Waals surface area contributed by atoms with Crippen LogP contribution in [0.5, 0.6) is 0 Å². The Labute approximate surface area is 169 Å². The predicted octanol–water partition coefficient (Wildman–Crippen LogP) is 3.69. The van der Waals surface area contributed by atoms with Crippen molar-refractivity contribution < 1.29 is 14.3 Å². The molecular formula is C22H35N3O3. The number of nitrogens with one attached hydrogen (secondary N) is 1. The molecule has 156 valence electrons. The molecule has 0 unspecified atom stereocenters. The van der Waals surface area contributed by atoms with Crippen LogP contribution in [-0.4, -0.2) is 60.1 Å². The van der Waals surface area contributed by atoms with E-state index in [0.717, 1.165) is 24.9 Å². The number of nitrogens with zero attached hydrogens (tertiary/aromatic N) is 2. The molecule has 6 nitrogen and oxygen atoms in total. The van der Waals surface area contributed by atoms with Gasteiger partial charge in [-0.25, -0.2) is 4.79 Å². The lowest BCUT2D eigenvalue weighted by Crippen LogP contribution is -2.41. The highest BCUT2D eigenvalue weighted by Gasteiger charge is 2.26. The summed E-state index contributed by atoms with van der Waals surface area (Å²) in [4.78, 5) is 28.6. The van der Waals surface area contributed by atoms with Crippen molar-refractivity contribution in [1.29, 1.82) is 0 Å². The topological polar surface area (TPSA) is 61.9 Å². The Morgan fingerprint density at radius 3 is 2.14 bits per heavy atom. The maximum Gasteiger partial charge on any atom is 0.410 e. The highest BCUT2D eigenvalue weighted by Crippen LogP contribution is 2.22. The van der Waals surface area contributed by atoms with Gasteiger partial charge < -0.3 is 19.9 Å². The largest absolute Gasteiger partial charge is 0.444 e. The van der Waals surface area contributed by atoms with Crippen molar-refractivity contribution in [2.45, 2.75) is 59.5 Å². The Balaban J connectivity index is 1.93. The normalized spacial score (nSPS) is 15.2. The molecule has 1 aliphatic heterocycles. The van der Waals surface area contributed by atoms with E-state index in [9.17, 15) is 9.59 Å². The Morgan fingerprint density at radius 1 is 1.00 bits per heavy atom. The molecule has 0 radical (unpaired) electrons. The van der Waals surface area contributed by atoms with Crippen molar-refractivity contribution in [3.63, 3.8) is 0 Å². The molecule has 0 spiro atoms. The van der Waals surface area contributed by atoms with Crippen molar-refractivity contribution in [3.8, 4) is 0 Å². The van der Waals surface area contributed by atoms with E-state index >= 15 is 0 Å². The van der Waals surface area contributed by atoms with Gasteiger partial charge in [0.05, 0.1) is 6.54 Å². The highest BCUT2D eigenvalue weighted by molar-refractivity contribution is 5.81. The molecule has 1 aliphatic rings. The zero-order valence-corrected chi connectivity index (χ0v) is 18.0. The van der Waals surface area contributed by atoms with Crippen LogP contribution in [0, 0.1) is 0 Å². The molecule has 1 fully saturated rings. The van der Waals surface area contributed by atoms with Crippen LogP contribution in [-0.2, 0) is 22.4 Å². The standard InChI is InChI=1S/C22H35N3O3/c1-6-17-10-8-11-18(7-2)20(17)23-16-19(26)24-12-9-13-25(15-14-24)21(27)28-22(3,4)5/h8,10-11,23H,6-7,9,12-16H2,1-5H3. The second kappa shape index (κ2) is 9.80. The Morgan fingerprint density at radius 2 is 1.57 bits per heavy atom. The fourth-order valence-electron chi connectivity index (χ4n) is 3.42. The van der Waals surface area contributed by atoms with E-state index in [2.05, 4.69) is 37.4 Å². The summed E-state index contributed by atoms with van der Waals surface area (Å²) in [6.07, 6.45) is 2.32. The minimum absolute atomic E-state index is 0.0685. The summed E-state index contributed by atoms with van der Waals surface area (Å²) in [6.45, 7) is 12.4. The van der Waals surface area contributed by atoms with Crippen LogP contribution >= 0.6 is 0 Å². The summed E-state index contributed by atoms with van der Waals surface area (Å²) in [6, 6.07) is 6.29. The van der Waals surface area contributed by atoms with Crippen LogP contribution in [0.4, 0.5) is 10.5 Å². The number of carbonyl (C=O) groups excluding carboxylic acids is 2. The number of aryl methyl sites for hydroxylation is 2. The van der Waals surface area contributed by atoms with E-state index in [1.165, 1.54) is 11.1 Å². The number of anilines is 1. The lowest BCUT2D eigenvalue weighted by Gasteiger charge is -2.26. The maximum atomic E-state index is 12.8. The first-order valence-corrected chi connectivity index (χ1v) is 10.4. The van der Waals surface area contributed by atoms with Crippen LogP contribution in [0.1, 0.15) is 52.2 Å². The van der Waals surface area contributed by atoms with Crippen molar-refractivity contribution in [1.82, 2.24) is 9.80 Å². The maximum absolute atomic E-state index is 12.8. The number of hydrogen-bond acceptors (Lipinski definition) is 4. The molecule has 6 heteroatoms. The van der Waals surface area contributed by atoms with Gasteiger partial charge in [0.15, 0.2) is 0 Å². The summed E-state index contributed by atoms with van der Waals surface area (Å²) in [5.74, 6) is 0.0685. The van der Waals surface area contributed by atoms with Crippen LogP contribution in [0.15, 0.2) is 18.2 Å². The molecule has 0 saturated carbocycles. The molecule has 28 heavy (non-hydrogen) atoms. The summed E-state index contributed by atoms with van der Waals surface area (Å²) in [5.41, 5.74) is 3.05. The van der Waals surface area contributed by atoms with Gasteiger partial charge in [0.1, 0.15) is 5.60 Å². The first-order valence-electron chi connectivity index (χ1n) is 10.4. The minimum Gasteiger partial charge on any atom is -0.444 e. The zero-order chi connectivity index (χ0) is 20.7. The minimum atomic E-state index is -0.507. The first-order chi connectivity index (χ1) is 13.2. The number of para-hydroxylation sites is 1. The van der Waals surface area contributed by atoms with Crippen LogP contribution in [0.2, 0.25) is 0 Å². The molecule has 1 aromatic rings. The predicted molar refractivity (Wildman–Crippen MR) is 113 cm³/mol. The van der Waals surface area contributed by atoms with Crippen molar-refractivity contribution >= 4 is 17.7 Å². The highest BCUT2D eigenvalue weighted by atomic mass is 16.6. The molecule has 1 aromatic carbocycles. The lowest BCUT2D eigenvalue weighted by molar-refractivity contribution is -0.129. The van der Waals surface area contributed by atoms with E-state index in [1.54, 1.807) is 4.90 Å². The van der Waals surface area contributed by atoms with Gasteiger partial charge in [0, 0.05) is 31.9 Å². The van der Waals surface area contributed by atoms with E-state index in [1.807, 2.05) is 25.7 Å². The van der Waals surface area contributed by atoms with Gasteiger partial charge >= 0.3 is 6.09 Å². The second-order valence-corrected chi connectivity index (χ2v) is 8.21. The third-order valence-corrected chi connectivity index (χ3v) is 4.92. The molecule has 0 aromatic heterocycles. The molecule has 2 amide bonds. The number of benzene rings is 1.